The van der Waals surface area contributed by atoms with Crippen LogP contribution in [0.5, 0.6) is 0 Å². The molecule has 6 aromatic rings. The van der Waals surface area contributed by atoms with Crippen LogP contribution in [0.1, 0.15) is 66.2 Å². The fourth-order valence-corrected chi connectivity index (χ4v) is 8.46. The number of aryl methyl sites for hydroxylation is 1. The number of amides is 1. The van der Waals surface area contributed by atoms with E-state index in [-0.39, 0.29) is 41.4 Å². The van der Waals surface area contributed by atoms with Crippen LogP contribution in [-0.4, -0.2) is 106 Å². The number of carbonyl (C=O) groups is 2. The van der Waals surface area contributed by atoms with Crippen molar-refractivity contribution in [2.75, 3.05) is 62.1 Å². The number of pyridine rings is 2. The fourth-order valence-electron chi connectivity index (χ4n) is 8.46. The molecule has 0 radical (unpaired) electrons. The molecule has 0 spiro atoms. The third-order valence-corrected chi connectivity index (χ3v) is 12.2. The second kappa shape index (κ2) is 18.0. The van der Waals surface area contributed by atoms with Gasteiger partial charge in [0.25, 0.3) is 11.5 Å². The van der Waals surface area contributed by atoms with Crippen LogP contribution < -0.4 is 21.5 Å². The fraction of sp³-hybridized carbons (Fsp3) is 0.432. The largest absolute Gasteiger partial charge is 0.461 e. The molecule has 346 valence electrons. The summed E-state index contributed by atoms with van der Waals surface area (Å²) in [4.78, 5) is 67.0. The van der Waals surface area contributed by atoms with Gasteiger partial charge in [0.05, 0.1) is 70.4 Å². The molecule has 11 rings (SSSR count). The minimum absolute atomic E-state index is 0.0806. The number of anilines is 4. The summed E-state index contributed by atoms with van der Waals surface area (Å²) in [5, 5.41) is 13.4. The number of nitrogens with zero attached hydrogens (tertiary/aromatic N) is 11. The Kier molecular flexibility index (Phi) is 12.0. The molecule has 6 aromatic heterocycles. The minimum Gasteiger partial charge on any atom is -0.461 e. The van der Waals surface area contributed by atoms with Crippen LogP contribution in [-0.2, 0) is 56.8 Å². The number of nitrogens with two attached hydrogens (primary N) is 1. The van der Waals surface area contributed by atoms with E-state index in [1.54, 1.807) is 47.6 Å². The van der Waals surface area contributed by atoms with Crippen LogP contribution in [0.15, 0.2) is 73.0 Å². The molecule has 3 N–H and O–H groups in total. The lowest BCUT2D eigenvalue weighted by molar-refractivity contribution is -0.389. The van der Waals surface area contributed by atoms with Crippen molar-refractivity contribution in [3.63, 3.8) is 0 Å². The summed E-state index contributed by atoms with van der Waals surface area (Å²) in [7, 11) is 1.68. The zero-order chi connectivity index (χ0) is 46.3. The Balaban J connectivity index is 0.000000201. The highest BCUT2D eigenvalue weighted by Crippen LogP contribution is 2.40. The predicted octanol–water partition coefficient (Wildman–Crippen LogP) is 4.01. The molecule has 1 amide bonds. The van der Waals surface area contributed by atoms with E-state index < -0.39 is 10.9 Å². The molecule has 22 heteroatoms. The van der Waals surface area contributed by atoms with Gasteiger partial charge in [0.1, 0.15) is 41.6 Å². The molecule has 0 saturated carbocycles. The lowest BCUT2D eigenvalue weighted by Crippen LogP contribution is -2.41. The molecule has 0 atom stereocenters. The summed E-state index contributed by atoms with van der Waals surface area (Å²) in [6.07, 6.45) is 15.3. The van der Waals surface area contributed by atoms with Crippen molar-refractivity contribution in [3.8, 4) is 11.1 Å². The Morgan fingerprint density at radius 2 is 1.55 bits per heavy atom. The van der Waals surface area contributed by atoms with Crippen LogP contribution >= 0.6 is 0 Å². The summed E-state index contributed by atoms with van der Waals surface area (Å²) in [6, 6.07) is 6.51. The zero-order valence-corrected chi connectivity index (χ0v) is 37.0. The molecule has 5 aliphatic rings. The maximum absolute atomic E-state index is 13.9. The second-order valence-corrected chi connectivity index (χ2v) is 17.7. The van der Waals surface area contributed by atoms with Crippen molar-refractivity contribution in [3.05, 3.63) is 111 Å². The molecule has 0 unspecified atom stereocenters. The number of nitrogens with one attached hydrogen (secondary N) is 1. The molecule has 3 fully saturated rings. The van der Waals surface area contributed by atoms with Gasteiger partial charge < -0.3 is 62.9 Å². The van der Waals surface area contributed by atoms with E-state index in [0.29, 0.717) is 91.1 Å². The number of carbonyl (C=O) groups excluding carboxylic acids is 2. The lowest BCUT2D eigenvalue weighted by Gasteiger charge is -2.31. The highest BCUT2D eigenvalue weighted by Gasteiger charge is 2.38. The van der Waals surface area contributed by atoms with Crippen molar-refractivity contribution in [1.82, 2.24) is 42.8 Å². The lowest BCUT2D eigenvalue weighted by atomic mass is 9.90. The minimum atomic E-state index is -0.504. The van der Waals surface area contributed by atoms with Crippen LogP contribution in [0.3, 0.4) is 0 Å². The second-order valence-electron chi connectivity index (χ2n) is 17.7. The molecular formula is C44H51N13O9. The number of hydrogen-bond donors (Lipinski definition) is 2. The Labute approximate surface area is 378 Å². The van der Waals surface area contributed by atoms with Gasteiger partial charge in [-0.25, -0.2) is 15.0 Å². The van der Waals surface area contributed by atoms with E-state index in [1.807, 2.05) is 33.7 Å². The summed E-state index contributed by atoms with van der Waals surface area (Å²) in [5.41, 5.74) is 10.8. The number of esters is 1. The Bertz CT molecular complexity index is 2840. The smallest absolute Gasteiger partial charge is 0.381 e. The number of nitrogen functional groups attached to an aromatic ring is 1. The standard InChI is InChI=1S/C32H35N7O5.C6H7N3O3.C6H9N3O/c1-19(40)44-17-24-23(21-9-25(30(41)36(4)13-21)35-28-14-37(18-34-28)22-15-43-16-22)5-6-33-29(24)39-8-7-38-26(31(39)42)10-20-11-32(2,3)12-27(20)38;10-9(11)6-1-8(4-7-6)5-2-12-3-5;7-6-1-9(4-8-6)5-2-10-3-5/h5-6,9-10,13-14,18,22,35H,7-8,11-12,15-17H2,1-4H3;1,4-5H,2-3H2;1,4-5H,2-3,7H2. The predicted molar refractivity (Wildman–Crippen MR) is 238 cm³/mol. The van der Waals surface area contributed by atoms with Crippen LogP contribution in [0, 0.1) is 15.5 Å². The summed E-state index contributed by atoms with van der Waals surface area (Å²) in [5.74, 6) is 0.866. The van der Waals surface area contributed by atoms with Crippen molar-refractivity contribution in [1.29, 1.82) is 0 Å². The summed E-state index contributed by atoms with van der Waals surface area (Å²) >= 11 is 0. The first-order valence-corrected chi connectivity index (χ1v) is 21.6. The molecule has 0 aromatic carbocycles. The highest BCUT2D eigenvalue weighted by molar-refractivity contribution is 6.06. The average Bonchev–Trinajstić information content (AvgIpc) is 4.06. The number of fused-ring (bicyclic) bond motifs is 3. The first-order chi connectivity index (χ1) is 31.7. The van der Waals surface area contributed by atoms with E-state index in [0.717, 1.165) is 26.1 Å². The number of nitro groups is 1. The van der Waals surface area contributed by atoms with Gasteiger partial charge in [-0.2, -0.15) is 0 Å². The van der Waals surface area contributed by atoms with E-state index in [2.05, 4.69) is 43.7 Å². The van der Waals surface area contributed by atoms with E-state index in [9.17, 15) is 24.5 Å². The van der Waals surface area contributed by atoms with Crippen molar-refractivity contribution >= 4 is 40.8 Å². The number of aromatic nitrogens is 9. The van der Waals surface area contributed by atoms with Gasteiger partial charge in [0.2, 0.25) is 6.33 Å². The zero-order valence-electron chi connectivity index (χ0n) is 37.0. The first kappa shape index (κ1) is 44.1. The molecule has 1 aliphatic carbocycles. The SMILES string of the molecule is CC(=O)OCc1c(-c2cc(Nc3cn(C4COC4)cn3)c(=O)n(C)c2)ccnc1N1CCn2c(cc3c2CC(C)(C)C3)C1=O.Nc1cn(C2COC2)cn1.O=[N+]([O-])c1cn(C2COC2)cn1. The third kappa shape index (κ3) is 9.06. The normalized spacial score (nSPS) is 17.5. The van der Waals surface area contributed by atoms with Gasteiger partial charge in [-0.3, -0.25) is 19.3 Å². The van der Waals surface area contributed by atoms with Gasteiger partial charge in [0.15, 0.2) is 0 Å². The van der Waals surface area contributed by atoms with Gasteiger partial charge in [0, 0.05) is 68.7 Å². The van der Waals surface area contributed by atoms with Gasteiger partial charge in [-0.1, -0.05) is 13.8 Å². The third-order valence-electron chi connectivity index (χ3n) is 12.2. The molecule has 10 heterocycles. The topological polar surface area (TPSA) is 249 Å². The van der Waals surface area contributed by atoms with E-state index in [1.165, 1.54) is 35.3 Å². The quantitative estimate of drug-likeness (QED) is 0.112. The van der Waals surface area contributed by atoms with Crippen molar-refractivity contribution < 1.29 is 33.5 Å². The number of rotatable bonds is 10. The molecule has 0 bridgehead atoms. The van der Waals surface area contributed by atoms with Crippen LogP contribution in [0.4, 0.5) is 29.0 Å². The van der Waals surface area contributed by atoms with E-state index >= 15 is 0 Å². The molecular weight excluding hydrogens is 855 g/mol. The number of imidazole rings is 3. The highest BCUT2D eigenvalue weighted by atomic mass is 16.6. The Morgan fingerprint density at radius 1 is 0.894 bits per heavy atom. The molecule has 66 heavy (non-hydrogen) atoms. The molecule has 4 aliphatic heterocycles. The maximum Gasteiger partial charge on any atom is 0.381 e. The molecule has 22 nitrogen and oxygen atoms in total. The van der Waals surface area contributed by atoms with Gasteiger partial charge in [-0.05, 0) is 57.5 Å². The summed E-state index contributed by atoms with van der Waals surface area (Å²) < 4.78 is 30.0. The first-order valence-electron chi connectivity index (χ1n) is 21.6. The monoisotopic (exact) mass is 905 g/mol. The van der Waals surface area contributed by atoms with Crippen LogP contribution in [0.25, 0.3) is 11.1 Å². The van der Waals surface area contributed by atoms with Gasteiger partial charge in [-0.15, -0.1) is 0 Å². The average molecular weight is 906 g/mol. The molecule has 3 saturated heterocycles. The Hall–Kier alpha value is -7.17. The van der Waals surface area contributed by atoms with Crippen molar-refractivity contribution in [2.45, 2.75) is 64.9 Å². The Morgan fingerprint density at radius 3 is 2.15 bits per heavy atom. The summed E-state index contributed by atoms with van der Waals surface area (Å²) in [6.45, 7) is 10.9. The maximum atomic E-state index is 13.9. The van der Waals surface area contributed by atoms with Crippen LogP contribution in [0.2, 0.25) is 0 Å². The van der Waals surface area contributed by atoms with Gasteiger partial charge >= 0.3 is 11.8 Å². The van der Waals surface area contributed by atoms with Crippen molar-refractivity contribution in [2.24, 2.45) is 12.5 Å². The van der Waals surface area contributed by atoms with E-state index in [4.69, 9.17) is 24.7 Å². The number of hydrogen-bond acceptors (Lipinski definition) is 15. The number of ether oxygens (including phenoxy) is 4.